The number of hydrogen-bond acceptors (Lipinski definition) is 5. The Morgan fingerprint density at radius 2 is 2.00 bits per heavy atom. The molecule has 1 aromatic rings. The Labute approximate surface area is 118 Å². The number of carbonyl (C=O) groups is 2. The van der Waals surface area contributed by atoms with Crippen LogP contribution in [0.5, 0.6) is 0 Å². The van der Waals surface area contributed by atoms with Crippen LogP contribution in [0.4, 0.5) is 5.69 Å². The summed E-state index contributed by atoms with van der Waals surface area (Å²) in [6.07, 6.45) is 0. The van der Waals surface area contributed by atoms with Gasteiger partial charge in [-0.2, -0.15) is 0 Å². The quantitative estimate of drug-likeness (QED) is 0.289. The molecule has 0 aromatic heterocycles. The predicted molar refractivity (Wildman–Crippen MR) is 51.4 cm³/mol. The molecule has 0 heterocycles. The van der Waals surface area contributed by atoms with Gasteiger partial charge in [-0.3, -0.25) is 10.1 Å². The van der Waals surface area contributed by atoms with Gasteiger partial charge in [-0.15, -0.1) is 0 Å². The average Bonchev–Trinajstić information content (AvgIpc) is 2.26. The fraction of sp³-hybridized carbons (Fsp3) is 0.111. The van der Waals surface area contributed by atoms with Crippen molar-refractivity contribution in [2.45, 2.75) is 0 Å². The van der Waals surface area contributed by atoms with Gasteiger partial charge in [0.05, 0.1) is 17.6 Å². The topological polar surface area (TPSA) is 107 Å². The molecule has 0 bridgehead atoms. The molecule has 0 fully saturated rings. The zero-order valence-corrected chi connectivity index (χ0v) is 11.2. The summed E-state index contributed by atoms with van der Waals surface area (Å²) >= 11 is 0. The number of ether oxygens (including phenoxy) is 1. The maximum atomic E-state index is 11.2. The van der Waals surface area contributed by atoms with E-state index in [0.29, 0.717) is 0 Å². The molecule has 0 aliphatic carbocycles. The molecular weight excluding hydrogens is 241 g/mol. The van der Waals surface area contributed by atoms with E-state index in [1.54, 1.807) is 0 Å². The molecule has 0 saturated carbocycles. The summed E-state index contributed by atoms with van der Waals surface area (Å²) in [5, 5.41) is 19.4. The van der Waals surface area contributed by atoms with Crippen LogP contribution >= 0.6 is 0 Å². The van der Waals surface area contributed by atoms with Gasteiger partial charge in [-0.25, -0.2) is 9.59 Å². The van der Waals surface area contributed by atoms with Crippen LogP contribution in [-0.2, 0) is 4.74 Å². The summed E-state index contributed by atoms with van der Waals surface area (Å²) in [6.45, 7) is 0. The van der Waals surface area contributed by atoms with Crippen LogP contribution in [0.3, 0.4) is 0 Å². The van der Waals surface area contributed by atoms with Crippen LogP contribution in [0.25, 0.3) is 0 Å². The van der Waals surface area contributed by atoms with E-state index in [1.807, 2.05) is 0 Å². The number of benzene rings is 1. The summed E-state index contributed by atoms with van der Waals surface area (Å²) in [5.74, 6) is -2.48. The first kappa shape index (κ1) is 15.6. The molecule has 0 unspecified atom stereocenters. The van der Waals surface area contributed by atoms with E-state index < -0.39 is 28.1 Å². The number of nitrogens with zero attached hydrogens (tertiary/aromatic N) is 1. The monoisotopic (exact) mass is 248 g/mol. The number of carboxylic acid groups (broad SMARTS) is 1. The Bertz CT molecular complexity index is 473. The van der Waals surface area contributed by atoms with Crippen molar-refractivity contribution < 1.29 is 53.9 Å². The Kier molecular flexibility index (Phi) is 5.80. The van der Waals surface area contributed by atoms with Gasteiger partial charge >= 0.3 is 41.5 Å². The average molecular weight is 248 g/mol. The Balaban J connectivity index is 0.00000256. The number of carboxylic acids is 1. The minimum absolute atomic E-state index is 0. The third-order valence-electron chi connectivity index (χ3n) is 1.86. The maximum Gasteiger partial charge on any atom is 1.00 e. The summed E-state index contributed by atoms with van der Waals surface area (Å²) in [5.41, 5.74) is -1.65. The number of nitro benzene ring substituents is 1. The fourth-order valence-electron chi connectivity index (χ4n) is 1.20. The summed E-state index contributed by atoms with van der Waals surface area (Å²) in [4.78, 5) is 31.8. The molecule has 1 rings (SSSR count). The molecule has 84 valence electrons. The van der Waals surface area contributed by atoms with Crippen molar-refractivity contribution in [3.8, 4) is 0 Å². The number of rotatable bonds is 3. The van der Waals surface area contributed by atoms with Crippen LogP contribution in [-0.4, -0.2) is 29.1 Å². The van der Waals surface area contributed by atoms with Gasteiger partial charge in [0, 0.05) is 6.07 Å². The molecule has 0 atom stereocenters. The standard InChI is InChI=1S/C9H7NO6.Na/c1-16-9(13)5-3-2-4-6(10(14)15)7(5)8(11)12;/h2-4H,1H3,(H,11,12);/q;+1. The van der Waals surface area contributed by atoms with Crippen LogP contribution in [0.2, 0.25) is 0 Å². The Morgan fingerprint density at radius 3 is 2.41 bits per heavy atom. The molecule has 1 N–H and O–H groups in total. The first-order chi connectivity index (χ1) is 7.49. The van der Waals surface area contributed by atoms with Crippen molar-refractivity contribution >= 4 is 17.6 Å². The van der Waals surface area contributed by atoms with Crippen molar-refractivity contribution in [3.05, 3.63) is 39.4 Å². The van der Waals surface area contributed by atoms with Crippen LogP contribution < -0.4 is 29.6 Å². The number of hydrogen-bond donors (Lipinski definition) is 1. The van der Waals surface area contributed by atoms with Gasteiger partial charge in [-0.05, 0) is 6.07 Å². The second kappa shape index (κ2) is 6.33. The zero-order chi connectivity index (χ0) is 12.3. The van der Waals surface area contributed by atoms with Crippen molar-refractivity contribution in [1.82, 2.24) is 0 Å². The number of methoxy groups -OCH3 is 1. The van der Waals surface area contributed by atoms with Crippen LogP contribution in [0, 0.1) is 10.1 Å². The van der Waals surface area contributed by atoms with Crippen molar-refractivity contribution in [2.75, 3.05) is 7.11 Å². The van der Waals surface area contributed by atoms with Gasteiger partial charge in [-0.1, -0.05) is 6.07 Å². The first-order valence-electron chi connectivity index (χ1n) is 4.08. The van der Waals surface area contributed by atoms with Gasteiger partial charge in [0.1, 0.15) is 0 Å². The molecule has 0 radical (unpaired) electrons. The second-order valence-corrected chi connectivity index (χ2v) is 2.75. The SMILES string of the molecule is COC(=O)c1cccc([N+](=O)[O-])c1C(=O)O.[Na+]. The molecule has 0 aliphatic heterocycles. The van der Waals surface area contributed by atoms with Gasteiger partial charge < -0.3 is 9.84 Å². The zero-order valence-electron chi connectivity index (χ0n) is 9.17. The molecule has 1 aromatic carbocycles. The molecule has 0 aliphatic rings. The third-order valence-corrected chi connectivity index (χ3v) is 1.86. The van der Waals surface area contributed by atoms with Crippen LogP contribution in [0.15, 0.2) is 18.2 Å². The normalized spacial score (nSPS) is 9.00. The molecule has 8 heteroatoms. The smallest absolute Gasteiger partial charge is 0.477 e. The molecule has 0 saturated heterocycles. The first-order valence-corrected chi connectivity index (χ1v) is 4.08. The van der Waals surface area contributed by atoms with E-state index in [4.69, 9.17) is 5.11 Å². The van der Waals surface area contributed by atoms with Crippen LogP contribution in [0.1, 0.15) is 20.7 Å². The molecule has 0 spiro atoms. The fourth-order valence-corrected chi connectivity index (χ4v) is 1.20. The van der Waals surface area contributed by atoms with Crippen molar-refractivity contribution in [1.29, 1.82) is 0 Å². The summed E-state index contributed by atoms with van der Waals surface area (Å²) in [7, 11) is 1.06. The van der Waals surface area contributed by atoms with E-state index in [1.165, 1.54) is 6.07 Å². The Hall–Kier alpha value is -1.44. The second-order valence-electron chi connectivity index (χ2n) is 2.75. The van der Waals surface area contributed by atoms with Crippen molar-refractivity contribution in [2.24, 2.45) is 0 Å². The van der Waals surface area contributed by atoms with Crippen molar-refractivity contribution in [3.63, 3.8) is 0 Å². The number of carbonyl (C=O) groups excluding carboxylic acids is 1. The Morgan fingerprint density at radius 1 is 1.41 bits per heavy atom. The molecular formula is C9H7NNaO6+. The largest absolute Gasteiger partial charge is 1.00 e. The van der Waals surface area contributed by atoms with E-state index in [9.17, 15) is 19.7 Å². The molecule has 7 nitrogen and oxygen atoms in total. The molecule has 17 heavy (non-hydrogen) atoms. The van der Waals surface area contributed by atoms with Gasteiger partial charge in [0.2, 0.25) is 0 Å². The van der Waals surface area contributed by atoms with E-state index in [-0.39, 0.29) is 35.1 Å². The number of esters is 1. The summed E-state index contributed by atoms with van der Waals surface area (Å²) < 4.78 is 4.34. The predicted octanol–water partition coefficient (Wildman–Crippen LogP) is -1.92. The molecule has 0 amide bonds. The summed E-state index contributed by atoms with van der Waals surface area (Å²) in [6, 6.07) is 3.38. The number of aromatic carboxylic acids is 1. The minimum Gasteiger partial charge on any atom is -0.477 e. The van der Waals surface area contributed by atoms with E-state index >= 15 is 0 Å². The van der Waals surface area contributed by atoms with Gasteiger partial charge in [0.25, 0.3) is 5.69 Å². The number of nitro groups is 1. The minimum atomic E-state index is -1.55. The third kappa shape index (κ3) is 3.26. The van der Waals surface area contributed by atoms with E-state index in [0.717, 1.165) is 19.2 Å². The maximum absolute atomic E-state index is 11.2. The van der Waals surface area contributed by atoms with Gasteiger partial charge in [0.15, 0.2) is 5.56 Å². The van der Waals surface area contributed by atoms with E-state index in [2.05, 4.69) is 4.74 Å².